The van der Waals surface area contributed by atoms with Crippen LogP contribution in [-0.4, -0.2) is 18.6 Å². The van der Waals surface area contributed by atoms with Gasteiger partial charge in [-0.2, -0.15) is 0 Å². The molecule has 1 heterocycles. The minimum Gasteiger partial charge on any atom is -0.462 e. The summed E-state index contributed by atoms with van der Waals surface area (Å²) in [5, 5.41) is 4.44. The van der Waals surface area contributed by atoms with Crippen molar-refractivity contribution >= 4 is 28.0 Å². The van der Waals surface area contributed by atoms with Crippen LogP contribution in [0, 0.1) is 0 Å². The van der Waals surface area contributed by atoms with Crippen LogP contribution < -0.4 is 11.1 Å². The van der Waals surface area contributed by atoms with Gasteiger partial charge in [0.05, 0.1) is 17.3 Å². The van der Waals surface area contributed by atoms with E-state index < -0.39 is 0 Å². The zero-order valence-electron chi connectivity index (χ0n) is 10.7. The number of nitrogen functional groups attached to an aromatic ring is 1. The van der Waals surface area contributed by atoms with Crippen molar-refractivity contribution in [3.05, 3.63) is 10.9 Å². The molecule has 2 rings (SSSR count). The van der Waals surface area contributed by atoms with Gasteiger partial charge in [-0.25, -0.2) is 4.79 Å². The van der Waals surface area contributed by atoms with Gasteiger partial charge >= 0.3 is 5.97 Å². The lowest BCUT2D eigenvalue weighted by Crippen LogP contribution is -2.21. The Labute approximate surface area is 112 Å². The Morgan fingerprint density at radius 2 is 2.22 bits per heavy atom. The second-order valence-electron chi connectivity index (χ2n) is 4.59. The number of carbonyl (C=O) groups is 1. The van der Waals surface area contributed by atoms with Gasteiger partial charge in [0, 0.05) is 6.04 Å². The minimum atomic E-state index is -0.323. The topological polar surface area (TPSA) is 64.3 Å². The van der Waals surface area contributed by atoms with Crippen molar-refractivity contribution in [1.29, 1.82) is 0 Å². The van der Waals surface area contributed by atoms with Crippen LogP contribution in [0.5, 0.6) is 0 Å². The Balaban J connectivity index is 2.01. The first kappa shape index (κ1) is 13.2. The zero-order chi connectivity index (χ0) is 13.0. The lowest BCUT2D eigenvalue weighted by atomic mass is 9.96. The molecule has 1 aliphatic carbocycles. The monoisotopic (exact) mass is 268 g/mol. The molecule has 4 nitrogen and oxygen atoms in total. The highest BCUT2D eigenvalue weighted by molar-refractivity contribution is 7.18. The fourth-order valence-electron chi connectivity index (χ4n) is 2.28. The predicted octanol–water partition coefficient (Wildman–Crippen LogP) is 3.25. The molecule has 0 aromatic carbocycles. The number of nitrogens with one attached hydrogen (secondary N) is 1. The Morgan fingerprint density at radius 3 is 2.89 bits per heavy atom. The number of ether oxygens (including phenoxy) is 1. The normalized spacial score (nSPS) is 16.5. The molecule has 0 amide bonds. The fourth-order valence-corrected chi connectivity index (χ4v) is 3.23. The van der Waals surface area contributed by atoms with E-state index in [0.717, 1.165) is 5.00 Å². The Hall–Kier alpha value is -1.23. The van der Waals surface area contributed by atoms with Crippen molar-refractivity contribution in [2.75, 3.05) is 17.7 Å². The molecular formula is C13H20N2O2S. The van der Waals surface area contributed by atoms with Crippen LogP contribution in [0.4, 0.5) is 10.7 Å². The van der Waals surface area contributed by atoms with Crippen LogP contribution in [0.1, 0.15) is 48.7 Å². The van der Waals surface area contributed by atoms with Gasteiger partial charge in [0.2, 0.25) is 0 Å². The number of carbonyl (C=O) groups excluding carboxylic acids is 1. The maximum absolute atomic E-state index is 11.7. The van der Waals surface area contributed by atoms with E-state index in [9.17, 15) is 4.79 Å². The molecule has 100 valence electrons. The lowest BCUT2D eigenvalue weighted by molar-refractivity contribution is 0.0533. The van der Waals surface area contributed by atoms with Gasteiger partial charge in [-0.15, -0.1) is 11.3 Å². The third-order valence-corrected chi connectivity index (χ3v) is 4.24. The van der Waals surface area contributed by atoms with E-state index in [1.165, 1.54) is 43.4 Å². The molecule has 0 saturated heterocycles. The highest BCUT2D eigenvalue weighted by Crippen LogP contribution is 2.32. The fraction of sp³-hybridized carbons (Fsp3) is 0.615. The maximum atomic E-state index is 11.7. The summed E-state index contributed by atoms with van der Waals surface area (Å²) in [5.41, 5.74) is 6.36. The average Bonchev–Trinajstić information content (AvgIpc) is 2.72. The standard InChI is InChI=1S/C13H20N2O2S/c1-2-17-13(16)12-10(14)8-11(18-12)15-9-6-4-3-5-7-9/h8-9,15H,2-7,14H2,1H3. The second-order valence-corrected chi connectivity index (χ2v) is 5.65. The molecule has 3 N–H and O–H groups in total. The first-order valence-corrected chi connectivity index (χ1v) is 7.35. The molecule has 0 bridgehead atoms. The third kappa shape index (κ3) is 3.16. The first-order chi connectivity index (χ1) is 8.70. The van der Waals surface area contributed by atoms with E-state index in [1.54, 1.807) is 6.92 Å². The summed E-state index contributed by atoms with van der Waals surface area (Å²) in [4.78, 5) is 12.2. The van der Waals surface area contributed by atoms with Crippen LogP contribution in [0.15, 0.2) is 6.07 Å². The molecule has 1 saturated carbocycles. The summed E-state index contributed by atoms with van der Waals surface area (Å²) >= 11 is 1.39. The summed E-state index contributed by atoms with van der Waals surface area (Å²) in [6.45, 7) is 2.17. The van der Waals surface area contributed by atoms with Gasteiger partial charge < -0.3 is 15.8 Å². The van der Waals surface area contributed by atoms with Crippen LogP contribution in [0.2, 0.25) is 0 Å². The van der Waals surface area contributed by atoms with Crippen molar-refractivity contribution in [2.45, 2.75) is 45.1 Å². The molecule has 0 radical (unpaired) electrons. The SMILES string of the molecule is CCOC(=O)c1sc(NC2CCCCC2)cc1N. The summed E-state index contributed by atoms with van der Waals surface area (Å²) in [6.07, 6.45) is 6.30. The van der Waals surface area contributed by atoms with Crippen LogP contribution in [0.3, 0.4) is 0 Å². The van der Waals surface area contributed by atoms with Crippen LogP contribution >= 0.6 is 11.3 Å². The maximum Gasteiger partial charge on any atom is 0.350 e. The largest absolute Gasteiger partial charge is 0.462 e. The molecule has 1 aromatic heterocycles. The van der Waals surface area contributed by atoms with Crippen LogP contribution in [-0.2, 0) is 4.74 Å². The highest BCUT2D eigenvalue weighted by atomic mass is 32.1. The third-order valence-electron chi connectivity index (χ3n) is 3.17. The highest BCUT2D eigenvalue weighted by Gasteiger charge is 2.18. The van der Waals surface area contributed by atoms with E-state index in [-0.39, 0.29) is 5.97 Å². The molecule has 1 fully saturated rings. The molecular weight excluding hydrogens is 248 g/mol. The van der Waals surface area contributed by atoms with Gasteiger partial charge in [-0.05, 0) is 25.8 Å². The zero-order valence-corrected chi connectivity index (χ0v) is 11.5. The van der Waals surface area contributed by atoms with E-state index in [4.69, 9.17) is 10.5 Å². The molecule has 0 spiro atoms. The number of anilines is 2. The van der Waals surface area contributed by atoms with Crippen molar-refractivity contribution in [1.82, 2.24) is 0 Å². The number of esters is 1. The van der Waals surface area contributed by atoms with Gasteiger partial charge in [0.25, 0.3) is 0 Å². The first-order valence-electron chi connectivity index (χ1n) is 6.53. The Bertz CT molecular complexity index is 411. The number of hydrogen-bond acceptors (Lipinski definition) is 5. The molecule has 18 heavy (non-hydrogen) atoms. The number of nitrogens with two attached hydrogens (primary N) is 1. The van der Waals surface area contributed by atoms with Crippen molar-refractivity contribution in [3.8, 4) is 0 Å². The van der Waals surface area contributed by atoms with E-state index >= 15 is 0 Å². The second kappa shape index (κ2) is 6.09. The predicted molar refractivity (Wildman–Crippen MR) is 75.2 cm³/mol. The lowest BCUT2D eigenvalue weighted by Gasteiger charge is -2.22. The quantitative estimate of drug-likeness (QED) is 0.823. The minimum absolute atomic E-state index is 0.323. The Morgan fingerprint density at radius 1 is 1.50 bits per heavy atom. The molecule has 0 atom stereocenters. The van der Waals surface area contributed by atoms with Gasteiger partial charge in [-0.3, -0.25) is 0 Å². The van der Waals surface area contributed by atoms with E-state index in [2.05, 4.69) is 5.32 Å². The number of thiophene rings is 1. The Kier molecular flexibility index (Phi) is 4.47. The number of hydrogen-bond donors (Lipinski definition) is 2. The molecule has 1 aromatic rings. The summed E-state index contributed by atoms with van der Waals surface area (Å²) in [6, 6.07) is 2.36. The van der Waals surface area contributed by atoms with Gasteiger partial charge in [-0.1, -0.05) is 19.3 Å². The van der Waals surface area contributed by atoms with E-state index in [0.29, 0.717) is 23.2 Å². The van der Waals surface area contributed by atoms with Gasteiger partial charge in [0.1, 0.15) is 4.88 Å². The van der Waals surface area contributed by atoms with Crippen molar-refractivity contribution in [3.63, 3.8) is 0 Å². The van der Waals surface area contributed by atoms with E-state index in [1.807, 2.05) is 6.07 Å². The van der Waals surface area contributed by atoms with Crippen molar-refractivity contribution in [2.24, 2.45) is 0 Å². The number of rotatable bonds is 4. The summed E-state index contributed by atoms with van der Waals surface area (Å²) < 4.78 is 4.98. The summed E-state index contributed by atoms with van der Waals surface area (Å²) in [5.74, 6) is -0.323. The van der Waals surface area contributed by atoms with Crippen molar-refractivity contribution < 1.29 is 9.53 Å². The van der Waals surface area contributed by atoms with Crippen LogP contribution in [0.25, 0.3) is 0 Å². The smallest absolute Gasteiger partial charge is 0.350 e. The molecule has 0 aliphatic heterocycles. The average molecular weight is 268 g/mol. The summed E-state index contributed by atoms with van der Waals surface area (Å²) in [7, 11) is 0. The molecule has 5 heteroatoms. The molecule has 0 unspecified atom stereocenters. The van der Waals surface area contributed by atoms with Gasteiger partial charge in [0.15, 0.2) is 0 Å². The molecule has 1 aliphatic rings.